The maximum absolute atomic E-state index is 11.8. The molecule has 1 aromatic carbocycles. The van der Waals surface area contributed by atoms with Crippen molar-refractivity contribution in [3.05, 3.63) is 52.2 Å². The van der Waals surface area contributed by atoms with E-state index in [0.29, 0.717) is 24.7 Å². The predicted molar refractivity (Wildman–Crippen MR) is 98.3 cm³/mol. The summed E-state index contributed by atoms with van der Waals surface area (Å²) in [6.45, 7) is 2.59. The summed E-state index contributed by atoms with van der Waals surface area (Å²) in [5, 5.41) is 4.73. The van der Waals surface area contributed by atoms with Crippen LogP contribution in [0.1, 0.15) is 23.4 Å². The topological polar surface area (TPSA) is 73.9 Å². The number of fused-ring (bicyclic) bond motifs is 1. The van der Waals surface area contributed by atoms with E-state index < -0.39 is 5.97 Å². The maximum atomic E-state index is 11.8. The number of carbonyl (C=O) groups is 2. The van der Waals surface area contributed by atoms with Gasteiger partial charge in [-0.05, 0) is 42.1 Å². The monoisotopic (exact) mass is 373 g/mol. The van der Waals surface area contributed by atoms with Crippen LogP contribution in [-0.4, -0.2) is 31.7 Å². The van der Waals surface area contributed by atoms with Crippen molar-refractivity contribution in [3.63, 3.8) is 0 Å². The zero-order valence-electron chi connectivity index (χ0n) is 14.3. The molecule has 1 aromatic heterocycles. The highest BCUT2D eigenvalue weighted by Gasteiger charge is 2.12. The summed E-state index contributed by atoms with van der Waals surface area (Å²) in [6.07, 6.45) is 2.88. The van der Waals surface area contributed by atoms with Crippen LogP contribution in [0.15, 0.2) is 41.8 Å². The Morgan fingerprint density at radius 3 is 2.85 bits per heavy atom. The Kier molecular flexibility index (Phi) is 5.91. The minimum absolute atomic E-state index is 0.116. The van der Waals surface area contributed by atoms with Gasteiger partial charge in [-0.3, -0.25) is 4.79 Å². The van der Waals surface area contributed by atoms with Gasteiger partial charge in [0.15, 0.2) is 18.1 Å². The third-order valence-corrected chi connectivity index (χ3v) is 4.73. The lowest BCUT2D eigenvalue weighted by molar-refractivity contribution is -0.144. The van der Waals surface area contributed by atoms with E-state index in [9.17, 15) is 9.59 Å². The number of carbonyl (C=O) groups excluding carboxylic acids is 2. The molecule has 3 rings (SSSR count). The lowest BCUT2D eigenvalue weighted by Crippen LogP contribution is -2.30. The summed E-state index contributed by atoms with van der Waals surface area (Å²) in [4.78, 5) is 24.7. The van der Waals surface area contributed by atoms with Gasteiger partial charge in [-0.15, -0.1) is 11.3 Å². The number of hydrogen-bond donors (Lipinski definition) is 1. The van der Waals surface area contributed by atoms with Gasteiger partial charge in [-0.25, -0.2) is 4.79 Å². The molecular weight excluding hydrogens is 354 g/mol. The molecule has 1 aliphatic rings. The van der Waals surface area contributed by atoms with Crippen molar-refractivity contribution in [2.24, 2.45) is 0 Å². The molecule has 6 nitrogen and oxygen atoms in total. The van der Waals surface area contributed by atoms with Crippen molar-refractivity contribution in [3.8, 4) is 11.5 Å². The van der Waals surface area contributed by atoms with Gasteiger partial charge in [0.25, 0.3) is 5.91 Å². The lowest BCUT2D eigenvalue weighted by Gasteiger charge is -2.18. The SMILES string of the molecule is C[C@H](NC(=O)COC(=O)/C=C/c1ccc2c(c1)OCCO2)c1cccs1. The van der Waals surface area contributed by atoms with E-state index in [1.54, 1.807) is 29.5 Å². The summed E-state index contributed by atoms with van der Waals surface area (Å²) >= 11 is 1.56. The van der Waals surface area contributed by atoms with Gasteiger partial charge in [-0.2, -0.15) is 0 Å². The van der Waals surface area contributed by atoms with Gasteiger partial charge in [0.2, 0.25) is 0 Å². The van der Waals surface area contributed by atoms with Crippen LogP contribution >= 0.6 is 11.3 Å². The average molecular weight is 373 g/mol. The van der Waals surface area contributed by atoms with E-state index in [0.717, 1.165) is 10.4 Å². The van der Waals surface area contributed by atoms with E-state index in [-0.39, 0.29) is 18.6 Å². The molecule has 1 aliphatic heterocycles. The molecule has 1 amide bonds. The molecule has 7 heteroatoms. The smallest absolute Gasteiger partial charge is 0.331 e. The second kappa shape index (κ2) is 8.53. The minimum Gasteiger partial charge on any atom is -0.486 e. The highest BCUT2D eigenvalue weighted by molar-refractivity contribution is 7.10. The second-order valence-electron chi connectivity index (χ2n) is 5.65. The highest BCUT2D eigenvalue weighted by atomic mass is 32.1. The lowest BCUT2D eigenvalue weighted by atomic mass is 10.2. The summed E-state index contributed by atoms with van der Waals surface area (Å²) in [5.74, 6) is 0.409. The first kappa shape index (κ1) is 18.0. The fourth-order valence-corrected chi connectivity index (χ4v) is 3.14. The highest BCUT2D eigenvalue weighted by Crippen LogP contribution is 2.31. The van der Waals surface area contributed by atoms with Gasteiger partial charge in [0.05, 0.1) is 6.04 Å². The van der Waals surface area contributed by atoms with Crippen molar-refractivity contribution in [2.75, 3.05) is 19.8 Å². The second-order valence-corrected chi connectivity index (χ2v) is 6.63. The van der Waals surface area contributed by atoms with Crippen LogP contribution in [0.2, 0.25) is 0 Å². The van der Waals surface area contributed by atoms with Crippen LogP contribution in [0.3, 0.4) is 0 Å². The standard InChI is InChI=1S/C19H19NO5S/c1-13(17-3-2-10-26-17)20-18(21)12-25-19(22)7-5-14-4-6-15-16(11-14)24-9-8-23-15/h2-7,10-11,13H,8-9,12H2,1H3,(H,20,21)/b7-5+/t13-/m0/s1. The molecule has 0 spiro atoms. The molecule has 1 atom stereocenters. The van der Waals surface area contributed by atoms with Crippen molar-refractivity contribution < 1.29 is 23.8 Å². The molecule has 26 heavy (non-hydrogen) atoms. The van der Waals surface area contributed by atoms with E-state index in [2.05, 4.69) is 5.32 Å². The normalized spacial score (nSPS) is 14.0. The van der Waals surface area contributed by atoms with Crippen molar-refractivity contribution in [1.82, 2.24) is 5.32 Å². The Labute approximate surface area is 155 Å². The number of esters is 1. The molecule has 0 saturated heterocycles. The average Bonchev–Trinajstić information content (AvgIpc) is 3.19. The van der Waals surface area contributed by atoms with Crippen LogP contribution in [-0.2, 0) is 14.3 Å². The summed E-state index contributed by atoms with van der Waals surface area (Å²) < 4.78 is 15.9. The molecule has 2 aromatic rings. The number of ether oxygens (including phenoxy) is 3. The molecule has 0 radical (unpaired) electrons. The molecule has 0 unspecified atom stereocenters. The van der Waals surface area contributed by atoms with E-state index >= 15 is 0 Å². The third kappa shape index (κ3) is 4.86. The number of benzene rings is 1. The molecule has 1 N–H and O–H groups in total. The fourth-order valence-electron chi connectivity index (χ4n) is 2.40. The molecule has 0 fully saturated rings. The Morgan fingerprint density at radius 1 is 1.27 bits per heavy atom. The molecule has 0 saturated carbocycles. The van der Waals surface area contributed by atoms with Crippen molar-refractivity contribution in [2.45, 2.75) is 13.0 Å². The minimum atomic E-state index is -0.584. The van der Waals surface area contributed by atoms with Crippen LogP contribution in [0.25, 0.3) is 6.08 Å². The van der Waals surface area contributed by atoms with Gasteiger partial charge < -0.3 is 19.5 Å². The Morgan fingerprint density at radius 2 is 2.08 bits per heavy atom. The van der Waals surface area contributed by atoms with Crippen LogP contribution in [0.5, 0.6) is 11.5 Å². The van der Waals surface area contributed by atoms with E-state index in [4.69, 9.17) is 14.2 Å². The van der Waals surface area contributed by atoms with Crippen LogP contribution in [0, 0.1) is 0 Å². The fraction of sp³-hybridized carbons (Fsp3) is 0.263. The summed E-state index contributed by atoms with van der Waals surface area (Å²) in [7, 11) is 0. The van der Waals surface area contributed by atoms with Gasteiger partial charge in [0.1, 0.15) is 13.2 Å². The first-order valence-electron chi connectivity index (χ1n) is 8.19. The maximum Gasteiger partial charge on any atom is 0.331 e. The Hall–Kier alpha value is -2.80. The first-order valence-corrected chi connectivity index (χ1v) is 9.07. The van der Waals surface area contributed by atoms with Crippen molar-refractivity contribution >= 4 is 29.3 Å². The van der Waals surface area contributed by atoms with Crippen LogP contribution in [0.4, 0.5) is 0 Å². The third-order valence-electron chi connectivity index (χ3n) is 3.67. The number of nitrogens with one attached hydrogen (secondary N) is 1. The summed E-state index contributed by atoms with van der Waals surface area (Å²) in [5.41, 5.74) is 0.780. The molecule has 0 bridgehead atoms. The largest absolute Gasteiger partial charge is 0.486 e. The number of hydrogen-bond acceptors (Lipinski definition) is 6. The zero-order valence-corrected chi connectivity index (χ0v) is 15.1. The quantitative estimate of drug-likeness (QED) is 0.622. The Balaban J connectivity index is 1.46. The van der Waals surface area contributed by atoms with Gasteiger partial charge in [0, 0.05) is 11.0 Å². The molecular formula is C19H19NO5S. The van der Waals surface area contributed by atoms with E-state index in [1.807, 2.05) is 30.5 Å². The van der Waals surface area contributed by atoms with Crippen LogP contribution < -0.4 is 14.8 Å². The predicted octanol–water partition coefficient (Wildman–Crippen LogP) is 2.95. The number of amides is 1. The molecule has 0 aliphatic carbocycles. The molecule has 136 valence electrons. The Bertz CT molecular complexity index is 800. The number of thiophene rings is 1. The van der Waals surface area contributed by atoms with Gasteiger partial charge >= 0.3 is 5.97 Å². The zero-order chi connectivity index (χ0) is 18.4. The summed E-state index contributed by atoms with van der Waals surface area (Å²) in [6, 6.07) is 9.14. The van der Waals surface area contributed by atoms with Gasteiger partial charge in [-0.1, -0.05) is 12.1 Å². The first-order chi connectivity index (χ1) is 12.6. The molecule has 2 heterocycles. The van der Waals surface area contributed by atoms with E-state index in [1.165, 1.54) is 6.08 Å². The van der Waals surface area contributed by atoms with Crippen molar-refractivity contribution in [1.29, 1.82) is 0 Å². The number of rotatable bonds is 6.